The number of rotatable bonds is 4. The zero-order valence-electron chi connectivity index (χ0n) is 10.1. The van der Waals surface area contributed by atoms with Gasteiger partial charge in [0.2, 0.25) is 11.9 Å². The maximum absolute atomic E-state index is 5.87. The minimum atomic E-state index is 0.367. The van der Waals surface area contributed by atoms with Gasteiger partial charge < -0.3 is 15.8 Å². The zero-order chi connectivity index (χ0) is 12.5. The molecule has 1 aromatic carbocycles. The van der Waals surface area contributed by atoms with E-state index in [1.807, 2.05) is 24.3 Å². The fourth-order valence-electron chi connectivity index (χ4n) is 1.73. The molecule has 6 heteroatoms. The fourth-order valence-corrected chi connectivity index (χ4v) is 1.73. The van der Waals surface area contributed by atoms with Crippen LogP contribution in [0.3, 0.4) is 0 Å². The Morgan fingerprint density at radius 2 is 2.28 bits per heavy atom. The molecule has 1 aromatic heterocycles. The molecule has 1 aliphatic carbocycles. The van der Waals surface area contributed by atoms with Gasteiger partial charge in [0.25, 0.3) is 0 Å². The quantitative estimate of drug-likeness (QED) is 0.852. The molecule has 2 aromatic rings. The Morgan fingerprint density at radius 3 is 3.00 bits per heavy atom. The van der Waals surface area contributed by atoms with Gasteiger partial charge in [0.1, 0.15) is 5.75 Å². The van der Waals surface area contributed by atoms with E-state index in [2.05, 4.69) is 15.4 Å². The second kappa shape index (κ2) is 4.21. The number of hydrogen-bond acceptors (Lipinski definition) is 5. The molecular weight excluding hydrogens is 230 g/mol. The Morgan fingerprint density at radius 1 is 1.44 bits per heavy atom. The summed E-state index contributed by atoms with van der Waals surface area (Å²) in [7, 11) is 1.63. The topological polar surface area (TPSA) is 78.0 Å². The molecule has 0 atom stereocenters. The number of benzene rings is 1. The number of anilines is 2. The van der Waals surface area contributed by atoms with E-state index in [0.29, 0.717) is 17.9 Å². The number of nitrogens with one attached hydrogen (secondary N) is 1. The first-order chi connectivity index (χ1) is 8.76. The molecule has 3 N–H and O–H groups in total. The van der Waals surface area contributed by atoms with Crippen LogP contribution in [0, 0.1) is 0 Å². The predicted octanol–water partition coefficient (Wildman–Crippen LogP) is 1.43. The largest absolute Gasteiger partial charge is 0.497 e. The van der Waals surface area contributed by atoms with Crippen molar-refractivity contribution in [2.45, 2.75) is 18.9 Å². The molecule has 0 bridgehead atoms. The molecule has 0 aliphatic heterocycles. The van der Waals surface area contributed by atoms with Crippen molar-refractivity contribution in [2.75, 3.05) is 18.2 Å². The molecule has 1 fully saturated rings. The highest BCUT2D eigenvalue weighted by atomic mass is 16.5. The van der Waals surface area contributed by atoms with Gasteiger partial charge in [-0.05, 0) is 25.0 Å². The predicted molar refractivity (Wildman–Crippen MR) is 69.0 cm³/mol. The minimum absolute atomic E-state index is 0.367. The summed E-state index contributed by atoms with van der Waals surface area (Å²) in [6.07, 6.45) is 2.35. The van der Waals surface area contributed by atoms with Crippen molar-refractivity contribution in [1.29, 1.82) is 0 Å². The molecule has 1 aliphatic rings. The molecular formula is C12H15N5O. The smallest absolute Gasteiger partial charge is 0.244 e. The van der Waals surface area contributed by atoms with Gasteiger partial charge in [0.15, 0.2) is 0 Å². The normalized spacial score (nSPS) is 14.5. The van der Waals surface area contributed by atoms with E-state index in [9.17, 15) is 0 Å². The van der Waals surface area contributed by atoms with Crippen LogP contribution < -0.4 is 15.8 Å². The summed E-state index contributed by atoms with van der Waals surface area (Å²) in [4.78, 5) is 4.20. The molecule has 0 amide bonds. The molecule has 18 heavy (non-hydrogen) atoms. The highest BCUT2D eigenvalue weighted by Crippen LogP contribution is 2.24. The number of nitrogens with two attached hydrogens (primary N) is 1. The number of hydrogen-bond donors (Lipinski definition) is 2. The van der Waals surface area contributed by atoms with Gasteiger partial charge in [0, 0.05) is 12.1 Å². The molecule has 94 valence electrons. The van der Waals surface area contributed by atoms with E-state index in [-0.39, 0.29) is 0 Å². The monoisotopic (exact) mass is 245 g/mol. The summed E-state index contributed by atoms with van der Waals surface area (Å²) in [6, 6.07) is 8.05. The van der Waals surface area contributed by atoms with Crippen molar-refractivity contribution in [3.63, 3.8) is 0 Å². The Kier molecular flexibility index (Phi) is 2.55. The Bertz CT molecular complexity index is 561. The van der Waals surface area contributed by atoms with Gasteiger partial charge in [-0.1, -0.05) is 6.07 Å². The van der Waals surface area contributed by atoms with Crippen LogP contribution in [-0.2, 0) is 0 Å². The maximum atomic E-state index is 5.87. The van der Waals surface area contributed by atoms with Crippen molar-refractivity contribution in [3.05, 3.63) is 24.3 Å². The van der Waals surface area contributed by atoms with Crippen LogP contribution in [0.25, 0.3) is 5.69 Å². The average Bonchev–Trinajstić information content (AvgIpc) is 3.12. The summed E-state index contributed by atoms with van der Waals surface area (Å²) >= 11 is 0. The lowest BCUT2D eigenvalue weighted by molar-refractivity contribution is 0.414. The first-order valence-corrected chi connectivity index (χ1v) is 5.90. The van der Waals surface area contributed by atoms with Crippen molar-refractivity contribution >= 4 is 11.9 Å². The van der Waals surface area contributed by atoms with Crippen LogP contribution in [0.15, 0.2) is 24.3 Å². The third-order valence-electron chi connectivity index (χ3n) is 2.84. The number of methoxy groups -OCH3 is 1. The Balaban J connectivity index is 1.91. The molecule has 3 rings (SSSR count). The first kappa shape index (κ1) is 10.9. The SMILES string of the molecule is COc1cccc(-n2nc(NC3CC3)nc2N)c1. The van der Waals surface area contributed by atoms with E-state index in [1.165, 1.54) is 12.8 Å². The summed E-state index contributed by atoms with van der Waals surface area (Å²) in [5.74, 6) is 1.71. The van der Waals surface area contributed by atoms with E-state index in [0.717, 1.165) is 11.4 Å². The summed E-state index contributed by atoms with van der Waals surface area (Å²) in [6.45, 7) is 0. The van der Waals surface area contributed by atoms with Gasteiger partial charge in [-0.15, -0.1) is 5.10 Å². The van der Waals surface area contributed by atoms with E-state index >= 15 is 0 Å². The highest BCUT2D eigenvalue weighted by Gasteiger charge is 2.23. The van der Waals surface area contributed by atoms with Gasteiger partial charge >= 0.3 is 0 Å². The molecule has 1 heterocycles. The van der Waals surface area contributed by atoms with Crippen LogP contribution in [0.1, 0.15) is 12.8 Å². The van der Waals surface area contributed by atoms with Gasteiger partial charge in [-0.2, -0.15) is 9.67 Å². The summed E-state index contributed by atoms with van der Waals surface area (Å²) in [5, 5.41) is 7.57. The van der Waals surface area contributed by atoms with E-state index in [4.69, 9.17) is 10.5 Å². The van der Waals surface area contributed by atoms with Crippen LogP contribution in [-0.4, -0.2) is 27.9 Å². The number of nitrogens with zero attached hydrogens (tertiary/aromatic N) is 3. The Labute approximate surface area is 105 Å². The highest BCUT2D eigenvalue weighted by molar-refractivity contribution is 5.45. The van der Waals surface area contributed by atoms with Crippen molar-refractivity contribution in [2.24, 2.45) is 0 Å². The number of aromatic nitrogens is 3. The molecule has 0 unspecified atom stereocenters. The average molecular weight is 245 g/mol. The number of nitrogen functional groups attached to an aromatic ring is 1. The van der Waals surface area contributed by atoms with Gasteiger partial charge in [0.05, 0.1) is 12.8 Å². The van der Waals surface area contributed by atoms with Crippen LogP contribution in [0.2, 0.25) is 0 Å². The third kappa shape index (κ3) is 2.09. The first-order valence-electron chi connectivity index (χ1n) is 5.90. The lowest BCUT2D eigenvalue weighted by atomic mass is 10.3. The molecule has 0 spiro atoms. The summed E-state index contributed by atoms with van der Waals surface area (Å²) in [5.41, 5.74) is 6.71. The fraction of sp³-hybridized carbons (Fsp3) is 0.333. The van der Waals surface area contributed by atoms with Crippen LogP contribution in [0.4, 0.5) is 11.9 Å². The van der Waals surface area contributed by atoms with Crippen molar-refractivity contribution < 1.29 is 4.74 Å². The van der Waals surface area contributed by atoms with Gasteiger partial charge in [-0.25, -0.2) is 0 Å². The van der Waals surface area contributed by atoms with Gasteiger partial charge in [-0.3, -0.25) is 0 Å². The van der Waals surface area contributed by atoms with Crippen LogP contribution in [0.5, 0.6) is 5.75 Å². The Hall–Kier alpha value is -2.24. The third-order valence-corrected chi connectivity index (χ3v) is 2.84. The van der Waals surface area contributed by atoms with Crippen molar-refractivity contribution in [3.8, 4) is 11.4 Å². The lowest BCUT2D eigenvalue weighted by Gasteiger charge is -2.04. The molecule has 0 radical (unpaired) electrons. The maximum Gasteiger partial charge on any atom is 0.244 e. The van der Waals surface area contributed by atoms with E-state index < -0.39 is 0 Å². The van der Waals surface area contributed by atoms with E-state index in [1.54, 1.807) is 11.8 Å². The molecule has 1 saturated carbocycles. The minimum Gasteiger partial charge on any atom is -0.497 e. The van der Waals surface area contributed by atoms with Crippen LogP contribution >= 0.6 is 0 Å². The second-order valence-corrected chi connectivity index (χ2v) is 4.33. The molecule has 0 saturated heterocycles. The zero-order valence-corrected chi connectivity index (χ0v) is 10.1. The second-order valence-electron chi connectivity index (χ2n) is 4.33. The molecule has 6 nitrogen and oxygen atoms in total. The standard InChI is InChI=1S/C12H15N5O/c1-18-10-4-2-3-9(7-10)17-11(13)15-12(16-17)14-8-5-6-8/h2-4,7-8H,5-6H2,1H3,(H3,13,14,15,16). The summed E-state index contributed by atoms with van der Waals surface area (Å²) < 4.78 is 6.78. The lowest BCUT2D eigenvalue weighted by Crippen LogP contribution is -2.04. The van der Waals surface area contributed by atoms with Crippen molar-refractivity contribution in [1.82, 2.24) is 14.8 Å². The number of ether oxygens (including phenoxy) is 1.